The van der Waals surface area contributed by atoms with Gasteiger partial charge in [0.2, 0.25) is 0 Å². The first-order chi connectivity index (χ1) is 12.1. The molecule has 0 fully saturated rings. The van der Waals surface area contributed by atoms with Crippen molar-refractivity contribution >= 4 is 18.4 Å². The number of rotatable bonds is 12. The van der Waals surface area contributed by atoms with Gasteiger partial charge in [0.25, 0.3) is 0 Å². The zero-order chi connectivity index (χ0) is 18.5. The number of nitrogens with one attached hydrogen (secondary N) is 2. The molecule has 9 nitrogen and oxygen atoms in total. The molecule has 1 rings (SSSR count). The van der Waals surface area contributed by atoms with Gasteiger partial charge in [-0.1, -0.05) is 0 Å². The molecule has 26 heavy (non-hydrogen) atoms. The highest BCUT2D eigenvalue weighted by Gasteiger charge is 2.11. The number of aliphatic hydroxyl groups excluding tert-OH is 3. The number of hydrogen-bond acceptors (Lipinski definition) is 7. The van der Waals surface area contributed by atoms with Gasteiger partial charge in [0.15, 0.2) is 0 Å². The van der Waals surface area contributed by atoms with E-state index in [9.17, 15) is 9.90 Å². The number of carbonyl (C=O) groups is 1. The summed E-state index contributed by atoms with van der Waals surface area (Å²) >= 11 is 0. The fourth-order valence-electron chi connectivity index (χ4n) is 1.99. The summed E-state index contributed by atoms with van der Waals surface area (Å²) in [6.45, 7) is 1.18. The maximum Gasteiger partial charge on any atom is 0.317 e. The van der Waals surface area contributed by atoms with Crippen molar-refractivity contribution in [3.05, 3.63) is 24.3 Å². The maximum atomic E-state index is 11.8. The predicted octanol–water partition coefficient (Wildman–Crippen LogP) is -0.861. The van der Waals surface area contributed by atoms with Crippen LogP contribution in [0.1, 0.15) is 0 Å². The van der Waals surface area contributed by atoms with Gasteiger partial charge in [0.1, 0.15) is 24.2 Å². The largest absolute Gasteiger partial charge is 0.508 e. The zero-order valence-electron chi connectivity index (χ0n) is 14.5. The van der Waals surface area contributed by atoms with Crippen LogP contribution in [0.25, 0.3) is 0 Å². The first-order valence-corrected chi connectivity index (χ1v) is 8.12. The first kappa shape index (κ1) is 24.2. The van der Waals surface area contributed by atoms with Crippen LogP contribution >= 0.6 is 12.4 Å². The van der Waals surface area contributed by atoms with Crippen LogP contribution in [0.5, 0.6) is 11.5 Å². The van der Waals surface area contributed by atoms with Crippen LogP contribution < -0.4 is 15.4 Å². The Morgan fingerprint density at radius 2 is 1.73 bits per heavy atom. The summed E-state index contributed by atoms with van der Waals surface area (Å²) in [5, 5.41) is 42.3. The molecule has 0 spiro atoms. The van der Waals surface area contributed by atoms with Gasteiger partial charge in [-0.3, -0.25) is 0 Å². The standard InChI is InChI=1S/C16H27N3O6.ClH/c20-9-7-19(8-10-21)16(24)18-6-5-17-11-14(23)12-25-15-3-1-13(22)2-4-15;/h1-4,14,17,20-23H,5-12H2,(H,18,24);1H. The van der Waals surface area contributed by atoms with Gasteiger partial charge in [-0.2, -0.15) is 0 Å². The Morgan fingerprint density at radius 3 is 2.31 bits per heavy atom. The number of urea groups is 1. The summed E-state index contributed by atoms with van der Waals surface area (Å²) in [7, 11) is 0. The maximum absolute atomic E-state index is 11.8. The minimum atomic E-state index is -0.718. The highest BCUT2D eigenvalue weighted by molar-refractivity contribution is 5.85. The van der Waals surface area contributed by atoms with Gasteiger partial charge in [-0.15, -0.1) is 12.4 Å². The van der Waals surface area contributed by atoms with Crippen LogP contribution in [0.4, 0.5) is 4.79 Å². The van der Waals surface area contributed by atoms with E-state index in [4.69, 9.17) is 20.1 Å². The van der Waals surface area contributed by atoms with Gasteiger partial charge in [0.05, 0.1) is 13.2 Å². The number of phenols is 1. The van der Waals surface area contributed by atoms with Crippen molar-refractivity contribution in [1.82, 2.24) is 15.5 Å². The lowest BCUT2D eigenvalue weighted by atomic mass is 10.3. The molecule has 0 saturated heterocycles. The second kappa shape index (κ2) is 14.4. The molecule has 0 saturated carbocycles. The van der Waals surface area contributed by atoms with Gasteiger partial charge in [-0.05, 0) is 24.3 Å². The third-order valence-corrected chi connectivity index (χ3v) is 3.26. The quantitative estimate of drug-likeness (QED) is 0.254. The van der Waals surface area contributed by atoms with Crippen molar-refractivity contribution in [2.45, 2.75) is 6.10 Å². The number of amides is 2. The molecule has 150 valence electrons. The van der Waals surface area contributed by atoms with Crippen molar-refractivity contribution in [3.63, 3.8) is 0 Å². The van der Waals surface area contributed by atoms with Crippen molar-refractivity contribution < 1.29 is 30.0 Å². The summed E-state index contributed by atoms with van der Waals surface area (Å²) in [4.78, 5) is 13.1. The molecule has 0 aliphatic rings. The van der Waals surface area contributed by atoms with E-state index in [1.54, 1.807) is 12.1 Å². The van der Waals surface area contributed by atoms with Gasteiger partial charge >= 0.3 is 6.03 Å². The Balaban J connectivity index is 0.00000625. The van der Waals surface area contributed by atoms with E-state index in [2.05, 4.69) is 10.6 Å². The average Bonchev–Trinajstić information content (AvgIpc) is 2.60. The predicted molar refractivity (Wildman–Crippen MR) is 98.9 cm³/mol. The van der Waals surface area contributed by atoms with Crippen LogP contribution in [0.3, 0.4) is 0 Å². The zero-order valence-corrected chi connectivity index (χ0v) is 15.3. The number of carbonyl (C=O) groups excluding carboxylic acids is 1. The van der Waals surface area contributed by atoms with E-state index >= 15 is 0 Å². The summed E-state index contributed by atoms with van der Waals surface area (Å²) in [6, 6.07) is 5.85. The minimum absolute atomic E-state index is 0. The molecule has 0 bridgehead atoms. The number of aliphatic hydroxyl groups is 3. The Bertz CT molecular complexity index is 485. The molecule has 0 aliphatic heterocycles. The summed E-state index contributed by atoms with van der Waals surface area (Å²) in [5.41, 5.74) is 0. The lowest BCUT2D eigenvalue weighted by Gasteiger charge is -2.21. The fraction of sp³-hybridized carbons (Fsp3) is 0.562. The third kappa shape index (κ3) is 10.3. The summed E-state index contributed by atoms with van der Waals surface area (Å²) in [5.74, 6) is 0.699. The van der Waals surface area contributed by atoms with Gasteiger partial charge < -0.3 is 40.7 Å². The Hall–Kier alpha value is -1.78. The Labute approximate surface area is 159 Å². The third-order valence-electron chi connectivity index (χ3n) is 3.26. The number of ether oxygens (including phenoxy) is 1. The van der Waals surface area contributed by atoms with E-state index < -0.39 is 6.10 Å². The van der Waals surface area contributed by atoms with Crippen LogP contribution in [-0.4, -0.2) is 90.0 Å². The molecule has 2 amide bonds. The van der Waals surface area contributed by atoms with Crippen LogP contribution in [-0.2, 0) is 0 Å². The molecular formula is C16H28ClN3O6. The van der Waals surface area contributed by atoms with E-state index in [1.165, 1.54) is 17.0 Å². The van der Waals surface area contributed by atoms with Crippen LogP contribution in [0, 0.1) is 0 Å². The lowest BCUT2D eigenvalue weighted by molar-refractivity contribution is 0.106. The number of nitrogens with zero attached hydrogens (tertiary/aromatic N) is 1. The highest BCUT2D eigenvalue weighted by Crippen LogP contribution is 2.15. The SMILES string of the molecule is Cl.O=C(NCCNCC(O)COc1ccc(O)cc1)N(CCO)CCO. The second-order valence-corrected chi connectivity index (χ2v) is 5.33. The van der Waals surface area contributed by atoms with Crippen molar-refractivity contribution in [2.24, 2.45) is 0 Å². The van der Waals surface area contributed by atoms with Crippen molar-refractivity contribution in [1.29, 1.82) is 0 Å². The highest BCUT2D eigenvalue weighted by atomic mass is 35.5. The molecule has 1 atom stereocenters. The number of halogens is 1. The molecule has 6 N–H and O–H groups in total. The molecule has 0 aliphatic carbocycles. The van der Waals surface area contributed by atoms with Crippen LogP contribution in [0.15, 0.2) is 24.3 Å². The first-order valence-electron chi connectivity index (χ1n) is 8.12. The smallest absolute Gasteiger partial charge is 0.317 e. The van der Waals surface area contributed by atoms with E-state index in [-0.39, 0.29) is 57.1 Å². The Morgan fingerprint density at radius 1 is 1.12 bits per heavy atom. The van der Waals surface area contributed by atoms with Crippen LogP contribution in [0.2, 0.25) is 0 Å². The topological polar surface area (TPSA) is 135 Å². The molecule has 0 heterocycles. The van der Waals surface area contributed by atoms with E-state index in [0.717, 1.165) is 0 Å². The minimum Gasteiger partial charge on any atom is -0.508 e. The second-order valence-electron chi connectivity index (χ2n) is 5.33. The molecule has 10 heteroatoms. The molecular weight excluding hydrogens is 366 g/mol. The van der Waals surface area contributed by atoms with Crippen molar-refractivity contribution in [2.75, 3.05) is 52.5 Å². The normalized spacial score (nSPS) is 11.3. The number of phenolic OH excluding ortho intramolecular Hbond substituents is 1. The number of hydrogen-bond donors (Lipinski definition) is 6. The summed E-state index contributed by atoms with van der Waals surface area (Å²) in [6.07, 6.45) is -0.718. The fourth-order valence-corrected chi connectivity index (χ4v) is 1.99. The molecule has 0 aromatic heterocycles. The van der Waals surface area contributed by atoms with Crippen molar-refractivity contribution in [3.8, 4) is 11.5 Å². The number of aromatic hydroxyl groups is 1. The van der Waals surface area contributed by atoms with E-state index in [1.807, 2.05) is 0 Å². The monoisotopic (exact) mass is 393 g/mol. The summed E-state index contributed by atoms with van der Waals surface area (Å²) < 4.78 is 5.38. The average molecular weight is 394 g/mol. The Kier molecular flexibility index (Phi) is 13.4. The van der Waals surface area contributed by atoms with Gasteiger partial charge in [-0.25, -0.2) is 4.79 Å². The molecule has 1 unspecified atom stereocenters. The van der Waals surface area contributed by atoms with E-state index in [0.29, 0.717) is 25.4 Å². The number of benzene rings is 1. The lowest BCUT2D eigenvalue weighted by Crippen LogP contribution is -2.45. The molecule has 1 aromatic rings. The van der Waals surface area contributed by atoms with Gasteiger partial charge in [0, 0.05) is 32.7 Å². The molecule has 0 radical (unpaired) electrons. The molecule has 1 aromatic carbocycles.